The van der Waals surface area contributed by atoms with Crippen LogP contribution >= 0.6 is 11.6 Å². The average Bonchev–Trinajstić information content (AvgIpc) is 3.41. The summed E-state index contributed by atoms with van der Waals surface area (Å²) in [6.45, 7) is 2.21. The Morgan fingerprint density at radius 3 is 2.62 bits per heavy atom. The summed E-state index contributed by atoms with van der Waals surface area (Å²) in [6, 6.07) is 25.6. The zero-order valence-corrected chi connectivity index (χ0v) is 19.5. The van der Waals surface area contributed by atoms with E-state index in [9.17, 15) is 9.59 Å². The molecule has 0 aliphatic carbocycles. The summed E-state index contributed by atoms with van der Waals surface area (Å²) in [6.07, 6.45) is 2.35. The number of aromatic nitrogens is 1. The SMILES string of the molecule is O=C(CCn1ccc2ccc(Cl)cc21)NCC(CN1Cc2ccccc2C1=O)c1ccccc1. The Bertz CT molecular complexity index is 1330. The van der Waals surface area contributed by atoms with E-state index in [0.717, 1.165) is 27.6 Å². The Morgan fingerprint density at radius 1 is 1.00 bits per heavy atom. The second-order valence-electron chi connectivity index (χ2n) is 8.72. The fourth-order valence-corrected chi connectivity index (χ4v) is 4.81. The van der Waals surface area contributed by atoms with Crippen LogP contribution in [-0.2, 0) is 17.9 Å². The van der Waals surface area contributed by atoms with Crippen LogP contribution in [0.5, 0.6) is 0 Å². The van der Waals surface area contributed by atoms with Gasteiger partial charge in [-0.15, -0.1) is 0 Å². The van der Waals surface area contributed by atoms with Crippen molar-refractivity contribution in [2.24, 2.45) is 0 Å². The summed E-state index contributed by atoms with van der Waals surface area (Å²) in [4.78, 5) is 27.5. The van der Waals surface area contributed by atoms with Crippen LogP contribution in [0.15, 0.2) is 85.1 Å². The summed E-state index contributed by atoms with van der Waals surface area (Å²) in [7, 11) is 0. The van der Waals surface area contributed by atoms with Crippen molar-refractivity contribution in [1.29, 1.82) is 0 Å². The van der Waals surface area contributed by atoms with Gasteiger partial charge in [0.1, 0.15) is 0 Å². The predicted molar refractivity (Wildman–Crippen MR) is 135 cm³/mol. The molecule has 3 aromatic carbocycles. The van der Waals surface area contributed by atoms with Crippen LogP contribution in [0, 0.1) is 0 Å². The highest BCUT2D eigenvalue weighted by Crippen LogP contribution is 2.26. The average molecular weight is 472 g/mol. The van der Waals surface area contributed by atoms with E-state index < -0.39 is 0 Å². The number of rotatable bonds is 8. The van der Waals surface area contributed by atoms with Gasteiger partial charge in [0.05, 0.1) is 0 Å². The molecular formula is C28H26ClN3O2. The highest BCUT2D eigenvalue weighted by Gasteiger charge is 2.29. The van der Waals surface area contributed by atoms with Gasteiger partial charge in [-0.3, -0.25) is 9.59 Å². The van der Waals surface area contributed by atoms with E-state index in [1.54, 1.807) is 0 Å². The normalized spacial score (nSPS) is 13.8. The van der Waals surface area contributed by atoms with Crippen LogP contribution in [0.2, 0.25) is 5.02 Å². The molecule has 5 rings (SSSR count). The van der Waals surface area contributed by atoms with Gasteiger partial charge in [0.25, 0.3) is 5.91 Å². The third-order valence-corrected chi connectivity index (χ3v) is 6.70. The maximum atomic E-state index is 12.9. The van der Waals surface area contributed by atoms with Crippen LogP contribution in [0.4, 0.5) is 0 Å². The van der Waals surface area contributed by atoms with Crippen LogP contribution < -0.4 is 5.32 Å². The van der Waals surface area contributed by atoms with E-state index in [0.29, 0.717) is 37.6 Å². The van der Waals surface area contributed by atoms with Gasteiger partial charge >= 0.3 is 0 Å². The lowest BCUT2D eigenvalue weighted by Gasteiger charge is -2.24. The quantitative estimate of drug-likeness (QED) is 0.382. The molecule has 34 heavy (non-hydrogen) atoms. The molecule has 4 aromatic rings. The molecule has 0 spiro atoms. The molecule has 2 heterocycles. The summed E-state index contributed by atoms with van der Waals surface area (Å²) in [5, 5.41) is 4.88. The minimum atomic E-state index is -0.0131. The largest absolute Gasteiger partial charge is 0.355 e. The summed E-state index contributed by atoms with van der Waals surface area (Å²) in [5.41, 5.74) is 3.96. The molecule has 2 amide bonds. The fourth-order valence-electron chi connectivity index (χ4n) is 4.64. The van der Waals surface area contributed by atoms with Crippen LogP contribution in [-0.4, -0.2) is 34.4 Å². The number of nitrogens with zero attached hydrogens (tertiary/aromatic N) is 2. The smallest absolute Gasteiger partial charge is 0.254 e. The van der Waals surface area contributed by atoms with Crippen LogP contribution in [0.25, 0.3) is 10.9 Å². The lowest BCUT2D eigenvalue weighted by Crippen LogP contribution is -2.36. The molecular weight excluding hydrogens is 446 g/mol. The summed E-state index contributed by atoms with van der Waals surface area (Å²) < 4.78 is 2.05. The minimum Gasteiger partial charge on any atom is -0.355 e. The number of hydrogen-bond donors (Lipinski definition) is 1. The Balaban J connectivity index is 1.23. The molecule has 0 saturated carbocycles. The third-order valence-electron chi connectivity index (χ3n) is 6.47. The first-order chi connectivity index (χ1) is 16.6. The van der Waals surface area contributed by atoms with Crippen LogP contribution in [0.1, 0.15) is 33.8 Å². The van der Waals surface area contributed by atoms with E-state index in [1.165, 1.54) is 0 Å². The molecule has 1 unspecified atom stereocenters. The van der Waals surface area contributed by atoms with Crippen molar-refractivity contribution in [2.75, 3.05) is 13.1 Å². The van der Waals surface area contributed by atoms with Gasteiger partial charge in [0.15, 0.2) is 0 Å². The number of fused-ring (bicyclic) bond motifs is 2. The zero-order chi connectivity index (χ0) is 23.5. The number of carbonyl (C=O) groups is 2. The van der Waals surface area contributed by atoms with Crippen molar-refractivity contribution >= 4 is 34.3 Å². The van der Waals surface area contributed by atoms with Crippen molar-refractivity contribution in [2.45, 2.75) is 25.4 Å². The molecule has 5 nitrogen and oxygen atoms in total. The molecule has 1 aliphatic heterocycles. The Kier molecular flexibility index (Phi) is 6.37. The number of hydrogen-bond acceptors (Lipinski definition) is 2. The molecule has 0 bridgehead atoms. The first-order valence-electron chi connectivity index (χ1n) is 11.5. The van der Waals surface area contributed by atoms with Crippen LogP contribution in [0.3, 0.4) is 0 Å². The van der Waals surface area contributed by atoms with E-state index in [-0.39, 0.29) is 17.7 Å². The molecule has 172 valence electrons. The van der Waals surface area contributed by atoms with Gasteiger partial charge in [-0.1, -0.05) is 66.2 Å². The highest BCUT2D eigenvalue weighted by atomic mass is 35.5. The minimum absolute atomic E-state index is 0.00891. The first kappa shape index (κ1) is 22.2. The van der Waals surface area contributed by atoms with Gasteiger partial charge in [0.2, 0.25) is 5.91 Å². The maximum absolute atomic E-state index is 12.9. The summed E-state index contributed by atoms with van der Waals surface area (Å²) in [5.74, 6) is 0.0523. The standard InChI is InChI=1S/C28H26ClN3O2/c29-24-11-10-21-12-14-31(26(21)16-24)15-13-27(33)30-17-23(20-6-2-1-3-7-20)19-32-18-22-8-4-5-9-25(22)28(32)34/h1-12,14,16,23H,13,15,17-19H2,(H,30,33). The fraction of sp³-hybridized carbons (Fsp3) is 0.214. The number of amides is 2. The van der Waals surface area contributed by atoms with Gasteiger partial charge < -0.3 is 14.8 Å². The number of benzene rings is 3. The first-order valence-corrected chi connectivity index (χ1v) is 11.9. The maximum Gasteiger partial charge on any atom is 0.254 e. The molecule has 1 aromatic heterocycles. The van der Waals surface area contributed by atoms with Crippen molar-refractivity contribution in [3.05, 3.63) is 107 Å². The second kappa shape index (κ2) is 9.74. The topological polar surface area (TPSA) is 54.3 Å². The van der Waals surface area contributed by atoms with Crippen molar-refractivity contribution < 1.29 is 9.59 Å². The zero-order valence-electron chi connectivity index (χ0n) is 18.8. The van der Waals surface area contributed by atoms with Gasteiger partial charge in [0, 0.05) is 60.8 Å². The van der Waals surface area contributed by atoms with E-state index in [1.807, 2.05) is 77.8 Å². The number of aryl methyl sites for hydroxylation is 1. The van der Waals surface area contributed by atoms with Crippen molar-refractivity contribution in [1.82, 2.24) is 14.8 Å². The molecule has 0 radical (unpaired) electrons. The Morgan fingerprint density at radius 2 is 1.79 bits per heavy atom. The molecule has 0 fully saturated rings. The molecule has 1 N–H and O–H groups in total. The van der Waals surface area contributed by atoms with Gasteiger partial charge in [-0.05, 0) is 40.8 Å². The van der Waals surface area contributed by atoms with E-state index in [2.05, 4.69) is 22.0 Å². The number of halogens is 1. The highest BCUT2D eigenvalue weighted by molar-refractivity contribution is 6.31. The molecule has 1 atom stereocenters. The summed E-state index contributed by atoms with van der Waals surface area (Å²) >= 11 is 6.14. The van der Waals surface area contributed by atoms with Gasteiger partial charge in [-0.25, -0.2) is 0 Å². The lowest BCUT2D eigenvalue weighted by molar-refractivity contribution is -0.121. The Hall–Kier alpha value is -3.57. The van der Waals surface area contributed by atoms with E-state index >= 15 is 0 Å². The van der Waals surface area contributed by atoms with Crippen molar-refractivity contribution in [3.8, 4) is 0 Å². The van der Waals surface area contributed by atoms with Crippen molar-refractivity contribution in [3.63, 3.8) is 0 Å². The Labute approximate surface area is 203 Å². The molecule has 0 saturated heterocycles. The third kappa shape index (κ3) is 4.70. The van der Waals surface area contributed by atoms with Gasteiger partial charge in [-0.2, -0.15) is 0 Å². The number of carbonyl (C=O) groups excluding carboxylic acids is 2. The number of nitrogens with one attached hydrogen (secondary N) is 1. The van der Waals surface area contributed by atoms with E-state index in [4.69, 9.17) is 11.6 Å². The molecule has 1 aliphatic rings. The molecule has 6 heteroatoms. The predicted octanol–water partition coefficient (Wildman–Crippen LogP) is 5.24. The monoisotopic (exact) mass is 471 g/mol. The second-order valence-corrected chi connectivity index (χ2v) is 9.15. The lowest BCUT2D eigenvalue weighted by atomic mass is 9.98.